The van der Waals surface area contributed by atoms with Crippen LogP contribution in [0.4, 0.5) is 0 Å². The molecule has 1 N–H and O–H groups in total. The van der Waals surface area contributed by atoms with Crippen molar-refractivity contribution in [3.05, 3.63) is 35.4 Å². The van der Waals surface area contributed by atoms with Gasteiger partial charge >= 0.3 is 0 Å². The summed E-state index contributed by atoms with van der Waals surface area (Å²) in [5, 5.41) is 8.74. The molecule has 112 valence electrons. The van der Waals surface area contributed by atoms with Gasteiger partial charge in [-0.1, -0.05) is 17.9 Å². The highest BCUT2D eigenvalue weighted by Gasteiger charge is 2.29. The van der Waals surface area contributed by atoms with Gasteiger partial charge in [0.2, 0.25) is 0 Å². The first-order chi connectivity index (χ1) is 10.1. The number of amides is 1. The summed E-state index contributed by atoms with van der Waals surface area (Å²) >= 11 is 0. The maximum Gasteiger partial charge on any atom is 0.254 e. The number of carbonyl (C=O) groups excluding carboxylic acids is 1. The lowest BCUT2D eigenvalue weighted by Crippen LogP contribution is -2.41. The van der Waals surface area contributed by atoms with Crippen molar-refractivity contribution in [2.75, 3.05) is 33.8 Å². The van der Waals surface area contributed by atoms with Gasteiger partial charge in [-0.3, -0.25) is 4.79 Å². The highest BCUT2D eigenvalue weighted by Crippen LogP contribution is 2.21. The quantitative estimate of drug-likeness (QED) is 0.849. The van der Waals surface area contributed by atoms with Crippen LogP contribution in [0.15, 0.2) is 24.3 Å². The Balaban J connectivity index is 2.15. The van der Waals surface area contributed by atoms with Crippen LogP contribution in [0, 0.1) is 11.8 Å². The average Bonchev–Trinajstić information content (AvgIpc) is 2.92. The zero-order chi connectivity index (χ0) is 15.2. The van der Waals surface area contributed by atoms with Gasteiger partial charge in [-0.2, -0.15) is 0 Å². The van der Waals surface area contributed by atoms with Gasteiger partial charge in [0.15, 0.2) is 0 Å². The van der Waals surface area contributed by atoms with Gasteiger partial charge in [0, 0.05) is 30.3 Å². The summed E-state index contributed by atoms with van der Waals surface area (Å²) in [5.74, 6) is 5.53. The number of aliphatic hydroxyl groups is 1. The van der Waals surface area contributed by atoms with Crippen LogP contribution in [0.1, 0.15) is 28.8 Å². The van der Waals surface area contributed by atoms with Gasteiger partial charge in [0.05, 0.1) is 0 Å². The van der Waals surface area contributed by atoms with Crippen LogP contribution in [0.3, 0.4) is 0 Å². The number of carbonyl (C=O) groups is 1. The lowest BCUT2D eigenvalue weighted by atomic mass is 10.1. The van der Waals surface area contributed by atoms with E-state index >= 15 is 0 Å². The molecule has 1 atom stereocenters. The Morgan fingerprint density at radius 3 is 3.00 bits per heavy atom. The van der Waals surface area contributed by atoms with E-state index in [9.17, 15) is 4.79 Å². The number of nitrogens with zero attached hydrogens (tertiary/aromatic N) is 2. The van der Waals surface area contributed by atoms with E-state index < -0.39 is 0 Å². The predicted molar refractivity (Wildman–Crippen MR) is 83.0 cm³/mol. The molecule has 1 aliphatic rings. The number of rotatable bonds is 3. The molecule has 0 aromatic heterocycles. The number of aliphatic hydroxyl groups excluding tert-OH is 1. The van der Waals surface area contributed by atoms with Gasteiger partial charge in [-0.05, 0) is 45.1 Å². The Morgan fingerprint density at radius 1 is 1.48 bits per heavy atom. The first kappa shape index (κ1) is 15.6. The topological polar surface area (TPSA) is 43.8 Å². The third-order valence-corrected chi connectivity index (χ3v) is 3.64. The van der Waals surface area contributed by atoms with E-state index in [1.807, 2.05) is 37.2 Å². The minimum absolute atomic E-state index is 0.0759. The third-order valence-electron chi connectivity index (χ3n) is 3.64. The monoisotopic (exact) mass is 286 g/mol. The largest absolute Gasteiger partial charge is 0.384 e. The molecule has 1 aromatic rings. The fraction of sp³-hybridized carbons (Fsp3) is 0.471. The van der Waals surface area contributed by atoms with Crippen molar-refractivity contribution in [3.63, 3.8) is 0 Å². The lowest BCUT2D eigenvalue weighted by molar-refractivity contribution is 0.0716. The molecule has 21 heavy (non-hydrogen) atoms. The maximum absolute atomic E-state index is 12.7. The number of likely N-dealkylation sites (tertiary alicyclic amines) is 1. The van der Waals surface area contributed by atoms with E-state index in [0.717, 1.165) is 31.5 Å². The van der Waals surface area contributed by atoms with E-state index in [4.69, 9.17) is 5.11 Å². The minimum atomic E-state index is -0.171. The summed E-state index contributed by atoms with van der Waals surface area (Å²) in [4.78, 5) is 16.8. The fourth-order valence-corrected chi connectivity index (χ4v) is 2.75. The zero-order valence-electron chi connectivity index (χ0n) is 12.7. The zero-order valence-corrected chi connectivity index (χ0v) is 12.7. The molecule has 1 saturated heterocycles. The maximum atomic E-state index is 12.7. The SMILES string of the molecule is CN(C)CC1CCCN1C(=O)c1cccc(C#CCO)c1. The van der Waals surface area contributed by atoms with Gasteiger partial charge in [-0.15, -0.1) is 0 Å². The molecule has 1 heterocycles. The molecular formula is C17H22N2O2. The van der Waals surface area contributed by atoms with Crippen LogP contribution in [0.25, 0.3) is 0 Å². The highest BCUT2D eigenvalue weighted by atomic mass is 16.2. The number of benzene rings is 1. The predicted octanol–water partition coefficient (Wildman–Crippen LogP) is 1.20. The van der Waals surface area contributed by atoms with Crippen LogP contribution in [-0.2, 0) is 0 Å². The van der Waals surface area contributed by atoms with Crippen LogP contribution >= 0.6 is 0 Å². The van der Waals surface area contributed by atoms with E-state index in [2.05, 4.69) is 16.7 Å². The Labute approximate surface area is 126 Å². The molecular weight excluding hydrogens is 264 g/mol. The lowest BCUT2D eigenvalue weighted by Gasteiger charge is -2.27. The minimum Gasteiger partial charge on any atom is -0.384 e. The number of hydrogen-bond acceptors (Lipinski definition) is 3. The highest BCUT2D eigenvalue weighted by molar-refractivity contribution is 5.95. The smallest absolute Gasteiger partial charge is 0.254 e. The Hall–Kier alpha value is -1.83. The molecule has 0 aliphatic carbocycles. The van der Waals surface area contributed by atoms with E-state index in [1.165, 1.54) is 0 Å². The summed E-state index contributed by atoms with van der Waals surface area (Å²) in [6.45, 7) is 1.55. The molecule has 0 bridgehead atoms. The normalized spacial score (nSPS) is 17.7. The standard InChI is InChI=1S/C17H22N2O2/c1-18(2)13-16-9-4-10-19(16)17(21)15-8-3-6-14(12-15)7-5-11-20/h3,6,8,12,16,20H,4,9-11,13H2,1-2H3. The van der Waals surface area contributed by atoms with Crippen molar-refractivity contribution in [3.8, 4) is 11.8 Å². The van der Waals surface area contributed by atoms with Crippen LogP contribution in [0.2, 0.25) is 0 Å². The Bertz CT molecular complexity index is 557. The first-order valence-electron chi connectivity index (χ1n) is 7.27. The van der Waals surface area contributed by atoms with E-state index in [1.54, 1.807) is 6.07 Å². The molecule has 1 aliphatic heterocycles. The first-order valence-corrected chi connectivity index (χ1v) is 7.27. The molecule has 1 aromatic carbocycles. The van der Waals surface area contributed by atoms with Gasteiger partial charge in [0.25, 0.3) is 5.91 Å². The molecule has 4 heteroatoms. The summed E-state index contributed by atoms with van der Waals surface area (Å²) in [7, 11) is 4.07. The van der Waals surface area contributed by atoms with Gasteiger partial charge in [-0.25, -0.2) is 0 Å². The summed E-state index contributed by atoms with van der Waals surface area (Å²) in [5.41, 5.74) is 1.43. The number of likely N-dealkylation sites (N-methyl/N-ethyl adjacent to an activating group) is 1. The second-order valence-corrected chi connectivity index (χ2v) is 5.60. The van der Waals surface area contributed by atoms with Crippen molar-refractivity contribution >= 4 is 5.91 Å². The van der Waals surface area contributed by atoms with Crippen molar-refractivity contribution in [1.82, 2.24) is 9.80 Å². The van der Waals surface area contributed by atoms with Crippen molar-refractivity contribution in [2.24, 2.45) is 0 Å². The summed E-state index contributed by atoms with van der Waals surface area (Å²) < 4.78 is 0. The molecule has 2 rings (SSSR count). The molecule has 4 nitrogen and oxygen atoms in total. The van der Waals surface area contributed by atoms with E-state index in [0.29, 0.717) is 11.6 Å². The van der Waals surface area contributed by atoms with Crippen molar-refractivity contribution in [1.29, 1.82) is 0 Å². The average molecular weight is 286 g/mol. The molecule has 0 saturated carbocycles. The summed E-state index contributed by atoms with van der Waals surface area (Å²) in [6.07, 6.45) is 2.13. The second kappa shape index (κ2) is 7.26. The van der Waals surface area contributed by atoms with Crippen LogP contribution in [0.5, 0.6) is 0 Å². The van der Waals surface area contributed by atoms with Crippen molar-refractivity contribution < 1.29 is 9.90 Å². The molecule has 1 unspecified atom stereocenters. The van der Waals surface area contributed by atoms with E-state index in [-0.39, 0.29) is 12.5 Å². The molecule has 1 amide bonds. The fourth-order valence-electron chi connectivity index (χ4n) is 2.75. The summed E-state index contributed by atoms with van der Waals surface area (Å²) in [6, 6.07) is 7.61. The third kappa shape index (κ3) is 4.07. The number of hydrogen-bond donors (Lipinski definition) is 1. The van der Waals surface area contributed by atoms with Crippen LogP contribution in [-0.4, -0.2) is 60.6 Å². The van der Waals surface area contributed by atoms with Crippen molar-refractivity contribution in [2.45, 2.75) is 18.9 Å². The van der Waals surface area contributed by atoms with Gasteiger partial charge in [0.1, 0.15) is 6.61 Å². The molecule has 0 radical (unpaired) electrons. The van der Waals surface area contributed by atoms with Gasteiger partial charge < -0.3 is 14.9 Å². The Morgan fingerprint density at radius 2 is 2.29 bits per heavy atom. The Kier molecular flexibility index (Phi) is 5.38. The van der Waals surface area contributed by atoms with Crippen LogP contribution < -0.4 is 0 Å². The second-order valence-electron chi connectivity index (χ2n) is 5.60. The molecule has 0 spiro atoms. The molecule has 1 fully saturated rings.